The molecule has 0 aromatic heterocycles. The zero-order chi connectivity index (χ0) is 16.5. The number of nitrogens with zero attached hydrogens (tertiary/aromatic N) is 1. The van der Waals surface area contributed by atoms with Gasteiger partial charge in [0.25, 0.3) is 10.1 Å². The number of aryl methyl sites for hydroxylation is 1. The topological polar surface area (TPSA) is 78.2 Å². The summed E-state index contributed by atoms with van der Waals surface area (Å²) in [5.74, 6) is -1.18. The highest BCUT2D eigenvalue weighted by molar-refractivity contribution is 7.85. The van der Waals surface area contributed by atoms with E-state index in [-0.39, 0.29) is 16.0 Å². The molecule has 0 saturated heterocycles. The second kappa shape index (κ2) is 5.87. The number of nitriles is 1. The first-order valence-corrected chi connectivity index (χ1v) is 7.95. The van der Waals surface area contributed by atoms with Gasteiger partial charge in [0.05, 0.1) is 16.5 Å². The Kier molecular flexibility index (Phi) is 4.31. The normalized spacial score (nSPS) is 12.7. The summed E-state index contributed by atoms with van der Waals surface area (Å²) < 4.78 is 46.5. The number of hydrogen-bond donors (Lipinski definition) is 1. The molecule has 1 N–H and O–H groups in total. The van der Waals surface area contributed by atoms with Crippen LogP contribution in [0, 0.1) is 24.1 Å². The molecule has 0 heterocycles. The first kappa shape index (κ1) is 16.1. The summed E-state index contributed by atoms with van der Waals surface area (Å²) in [5.41, 5.74) is 1.55. The van der Waals surface area contributed by atoms with Gasteiger partial charge < -0.3 is 0 Å². The van der Waals surface area contributed by atoms with Crippen molar-refractivity contribution in [1.29, 1.82) is 5.26 Å². The van der Waals surface area contributed by atoms with Gasteiger partial charge in [-0.1, -0.05) is 30.7 Å². The molecule has 0 fully saturated rings. The number of rotatable bonds is 3. The fourth-order valence-electron chi connectivity index (χ4n) is 2.36. The zero-order valence-corrected chi connectivity index (χ0v) is 12.9. The minimum Gasteiger partial charge on any atom is -0.282 e. The fourth-order valence-corrected chi connectivity index (χ4v) is 3.13. The molecule has 1 atom stereocenters. The molecule has 0 spiro atoms. The zero-order valence-electron chi connectivity index (χ0n) is 12.0. The summed E-state index contributed by atoms with van der Waals surface area (Å²) in [6.45, 7) is 3.42. The van der Waals surface area contributed by atoms with E-state index in [1.165, 1.54) is 18.2 Å². The van der Waals surface area contributed by atoms with Crippen LogP contribution in [0.3, 0.4) is 0 Å². The van der Waals surface area contributed by atoms with E-state index in [4.69, 9.17) is 5.26 Å². The molecule has 2 aromatic rings. The number of benzene rings is 2. The molecular weight excluding hydrogens is 305 g/mol. The lowest BCUT2D eigenvalue weighted by molar-refractivity contribution is 0.481. The SMILES string of the molecule is Cc1ccc(S(=O)(=O)O)c([C@@H](C)c2ccc(C#N)cc2F)c1. The average Bonchev–Trinajstić information content (AvgIpc) is 2.45. The van der Waals surface area contributed by atoms with Crippen LogP contribution in [0.5, 0.6) is 0 Å². The van der Waals surface area contributed by atoms with Crippen LogP contribution in [0.4, 0.5) is 4.39 Å². The minimum atomic E-state index is -4.40. The van der Waals surface area contributed by atoms with Crippen molar-refractivity contribution < 1.29 is 17.4 Å². The van der Waals surface area contributed by atoms with Gasteiger partial charge in [0.1, 0.15) is 5.82 Å². The van der Waals surface area contributed by atoms with Gasteiger partial charge in [-0.05, 0) is 36.2 Å². The predicted molar refractivity (Wildman–Crippen MR) is 79.6 cm³/mol. The predicted octanol–water partition coefficient (Wildman–Crippen LogP) is 3.40. The van der Waals surface area contributed by atoms with E-state index in [2.05, 4.69) is 0 Å². The highest BCUT2D eigenvalue weighted by Crippen LogP contribution is 2.32. The lowest BCUT2D eigenvalue weighted by atomic mass is 9.91. The van der Waals surface area contributed by atoms with Gasteiger partial charge in [-0.25, -0.2) is 4.39 Å². The third kappa shape index (κ3) is 3.16. The van der Waals surface area contributed by atoms with Gasteiger partial charge in [-0.2, -0.15) is 13.7 Å². The Labute approximate surface area is 128 Å². The molecule has 0 bridgehead atoms. The molecule has 4 nitrogen and oxygen atoms in total. The Hall–Kier alpha value is -2.23. The van der Waals surface area contributed by atoms with E-state index >= 15 is 0 Å². The van der Waals surface area contributed by atoms with Crippen LogP contribution in [-0.2, 0) is 10.1 Å². The monoisotopic (exact) mass is 319 g/mol. The van der Waals surface area contributed by atoms with Gasteiger partial charge in [-0.3, -0.25) is 4.55 Å². The van der Waals surface area contributed by atoms with Gasteiger partial charge in [0, 0.05) is 5.92 Å². The molecule has 6 heteroatoms. The van der Waals surface area contributed by atoms with Crippen LogP contribution in [0.15, 0.2) is 41.3 Å². The van der Waals surface area contributed by atoms with Crippen LogP contribution in [0.25, 0.3) is 0 Å². The molecule has 0 aliphatic carbocycles. The van der Waals surface area contributed by atoms with E-state index in [1.807, 2.05) is 6.07 Å². The summed E-state index contributed by atoms with van der Waals surface area (Å²) in [4.78, 5) is -0.241. The van der Waals surface area contributed by atoms with Crippen molar-refractivity contribution in [3.05, 3.63) is 64.5 Å². The molecular formula is C16H14FNO3S. The Balaban J connectivity index is 2.62. The lowest BCUT2D eigenvalue weighted by Gasteiger charge is -2.17. The van der Waals surface area contributed by atoms with Gasteiger partial charge in [-0.15, -0.1) is 0 Å². The van der Waals surface area contributed by atoms with Gasteiger partial charge >= 0.3 is 0 Å². The quantitative estimate of drug-likeness (QED) is 0.879. The van der Waals surface area contributed by atoms with Crippen LogP contribution < -0.4 is 0 Å². The molecule has 0 radical (unpaired) electrons. The van der Waals surface area contributed by atoms with Crippen LogP contribution in [0.1, 0.15) is 35.1 Å². The van der Waals surface area contributed by atoms with Crippen molar-refractivity contribution in [3.63, 3.8) is 0 Å². The summed E-state index contributed by atoms with van der Waals surface area (Å²) in [7, 11) is -4.40. The van der Waals surface area contributed by atoms with Crippen molar-refractivity contribution in [2.75, 3.05) is 0 Å². The van der Waals surface area contributed by atoms with E-state index in [9.17, 15) is 17.4 Å². The fraction of sp³-hybridized carbons (Fsp3) is 0.188. The van der Waals surface area contributed by atoms with E-state index in [0.29, 0.717) is 5.56 Å². The number of halogens is 1. The summed E-state index contributed by atoms with van der Waals surface area (Å²) in [5, 5.41) is 8.77. The van der Waals surface area contributed by atoms with E-state index in [0.717, 1.165) is 11.6 Å². The summed E-state index contributed by atoms with van der Waals surface area (Å²) in [6, 6.07) is 10.3. The Morgan fingerprint density at radius 1 is 1.18 bits per heavy atom. The second-order valence-corrected chi connectivity index (χ2v) is 6.48. The van der Waals surface area contributed by atoms with Crippen molar-refractivity contribution in [3.8, 4) is 6.07 Å². The molecule has 2 aromatic carbocycles. The average molecular weight is 319 g/mol. The summed E-state index contributed by atoms with van der Waals surface area (Å²) >= 11 is 0. The smallest absolute Gasteiger partial charge is 0.282 e. The first-order valence-electron chi connectivity index (χ1n) is 6.51. The van der Waals surface area contributed by atoms with Crippen LogP contribution in [-0.4, -0.2) is 13.0 Å². The highest BCUT2D eigenvalue weighted by atomic mass is 32.2. The van der Waals surface area contributed by atoms with E-state index < -0.39 is 21.9 Å². The van der Waals surface area contributed by atoms with Crippen LogP contribution in [0.2, 0.25) is 0 Å². The van der Waals surface area contributed by atoms with E-state index in [1.54, 1.807) is 26.0 Å². The maximum atomic E-state index is 14.1. The van der Waals surface area contributed by atoms with Crippen LogP contribution >= 0.6 is 0 Å². The largest absolute Gasteiger partial charge is 0.294 e. The Morgan fingerprint density at radius 3 is 2.41 bits per heavy atom. The van der Waals surface area contributed by atoms with Crippen molar-refractivity contribution in [2.45, 2.75) is 24.7 Å². The molecule has 22 heavy (non-hydrogen) atoms. The van der Waals surface area contributed by atoms with Crippen molar-refractivity contribution in [1.82, 2.24) is 0 Å². The molecule has 0 aliphatic heterocycles. The molecule has 0 unspecified atom stereocenters. The maximum absolute atomic E-state index is 14.1. The van der Waals surface area contributed by atoms with Gasteiger partial charge in [0.2, 0.25) is 0 Å². The standard InChI is InChI=1S/C16H14FNO3S/c1-10-3-6-16(22(19,20)21)14(7-10)11(2)13-5-4-12(9-18)8-15(13)17/h3-8,11H,1-2H3,(H,19,20,21)/t11-/m0/s1. The number of hydrogen-bond acceptors (Lipinski definition) is 3. The highest BCUT2D eigenvalue weighted by Gasteiger charge is 2.22. The molecule has 0 amide bonds. The minimum absolute atomic E-state index is 0.188. The Bertz CT molecular complexity index is 869. The molecule has 0 saturated carbocycles. The summed E-state index contributed by atoms with van der Waals surface area (Å²) in [6.07, 6.45) is 0. The van der Waals surface area contributed by atoms with Crippen molar-refractivity contribution >= 4 is 10.1 Å². The van der Waals surface area contributed by atoms with Gasteiger partial charge in [0.15, 0.2) is 0 Å². The Morgan fingerprint density at radius 2 is 1.86 bits per heavy atom. The first-order chi connectivity index (χ1) is 10.2. The maximum Gasteiger partial charge on any atom is 0.294 e. The molecule has 0 aliphatic rings. The van der Waals surface area contributed by atoms with Crippen molar-refractivity contribution in [2.24, 2.45) is 0 Å². The third-order valence-corrected chi connectivity index (χ3v) is 4.43. The lowest BCUT2D eigenvalue weighted by Crippen LogP contribution is -2.08. The third-order valence-electron chi connectivity index (χ3n) is 3.51. The molecule has 2 rings (SSSR count). The molecule has 114 valence electrons. The second-order valence-electron chi connectivity index (χ2n) is 5.09.